The first-order valence-corrected chi connectivity index (χ1v) is 11.2. The van der Waals surface area contributed by atoms with Gasteiger partial charge >= 0.3 is 0 Å². The second-order valence-electron chi connectivity index (χ2n) is 8.23. The fourth-order valence-electron chi connectivity index (χ4n) is 3.78. The molecule has 1 aromatic heterocycles. The molecule has 0 saturated carbocycles. The van der Waals surface area contributed by atoms with Gasteiger partial charge in [0.05, 0.1) is 17.7 Å². The molecule has 0 unspecified atom stereocenters. The van der Waals surface area contributed by atoms with Crippen molar-refractivity contribution in [2.75, 3.05) is 18.4 Å². The van der Waals surface area contributed by atoms with Crippen LogP contribution in [0.25, 0.3) is 11.4 Å². The number of benzene rings is 2. The summed E-state index contributed by atoms with van der Waals surface area (Å²) in [6.45, 7) is 6.09. The van der Waals surface area contributed by atoms with Crippen LogP contribution in [0, 0.1) is 5.92 Å². The van der Waals surface area contributed by atoms with Crippen molar-refractivity contribution >= 4 is 23.2 Å². The van der Waals surface area contributed by atoms with Crippen LogP contribution in [0.1, 0.15) is 32.6 Å². The quantitative estimate of drug-likeness (QED) is 0.539. The number of piperidine rings is 1. The number of amides is 1. The lowest BCUT2D eigenvalue weighted by molar-refractivity contribution is -0.121. The van der Waals surface area contributed by atoms with Crippen molar-refractivity contribution in [1.29, 1.82) is 0 Å². The second kappa shape index (κ2) is 10.1. The van der Waals surface area contributed by atoms with E-state index >= 15 is 0 Å². The Morgan fingerprint density at radius 1 is 1.22 bits per heavy atom. The maximum atomic E-state index is 12.7. The first kappa shape index (κ1) is 22.3. The number of aromatic nitrogens is 2. The van der Waals surface area contributed by atoms with Gasteiger partial charge in [0, 0.05) is 23.2 Å². The molecule has 0 spiro atoms. The van der Waals surface area contributed by atoms with Crippen LogP contribution in [-0.4, -0.2) is 40.1 Å². The lowest BCUT2D eigenvalue weighted by Gasteiger charge is -2.30. The number of carbonyl (C=O) groups is 1. The lowest BCUT2D eigenvalue weighted by atomic mass is 9.96. The number of anilines is 1. The first-order valence-electron chi connectivity index (χ1n) is 10.9. The van der Waals surface area contributed by atoms with E-state index in [1.807, 2.05) is 56.3 Å². The number of carbonyl (C=O) groups excluding carboxylic acids is 1. The Kier molecular flexibility index (Phi) is 7.07. The molecule has 4 rings (SSSR count). The SMILES string of the molecule is CC(C)Oc1cccc(NC(=O)C2CCN(Cc3nc(-c4ccccc4Cl)no3)CC2)c1. The van der Waals surface area contributed by atoms with Crippen molar-refractivity contribution in [3.63, 3.8) is 0 Å². The maximum Gasteiger partial charge on any atom is 0.241 e. The van der Waals surface area contributed by atoms with Crippen LogP contribution in [0.15, 0.2) is 53.1 Å². The molecule has 3 aromatic rings. The minimum absolute atomic E-state index is 0.0257. The van der Waals surface area contributed by atoms with Gasteiger partial charge in [-0.3, -0.25) is 9.69 Å². The molecule has 7 nitrogen and oxygen atoms in total. The second-order valence-corrected chi connectivity index (χ2v) is 8.63. The highest BCUT2D eigenvalue weighted by Gasteiger charge is 2.26. The fourth-order valence-corrected chi connectivity index (χ4v) is 4.00. The van der Waals surface area contributed by atoms with Gasteiger partial charge in [0.2, 0.25) is 17.6 Å². The molecule has 0 atom stereocenters. The average Bonchev–Trinajstić information content (AvgIpc) is 3.22. The summed E-state index contributed by atoms with van der Waals surface area (Å²) < 4.78 is 11.1. The maximum absolute atomic E-state index is 12.7. The molecule has 0 bridgehead atoms. The smallest absolute Gasteiger partial charge is 0.241 e. The van der Waals surface area contributed by atoms with Gasteiger partial charge < -0.3 is 14.6 Å². The molecule has 1 aliphatic rings. The summed E-state index contributed by atoms with van der Waals surface area (Å²) in [6.07, 6.45) is 1.64. The van der Waals surface area contributed by atoms with E-state index in [1.54, 1.807) is 6.07 Å². The Bertz CT molecular complexity index is 1060. The third kappa shape index (κ3) is 5.66. The molecule has 8 heteroatoms. The van der Waals surface area contributed by atoms with E-state index in [1.165, 1.54) is 0 Å². The molecule has 0 radical (unpaired) electrons. The zero-order valence-electron chi connectivity index (χ0n) is 18.3. The van der Waals surface area contributed by atoms with Crippen LogP contribution in [0.2, 0.25) is 5.02 Å². The standard InChI is InChI=1S/C24H27ClN4O3/c1-16(2)31-19-7-5-6-18(14-19)26-24(30)17-10-12-29(13-11-17)15-22-27-23(28-32-22)20-8-3-4-9-21(20)25/h3-9,14,16-17H,10-13,15H2,1-2H3,(H,26,30). The topological polar surface area (TPSA) is 80.5 Å². The highest BCUT2D eigenvalue weighted by molar-refractivity contribution is 6.33. The molecule has 1 N–H and O–H groups in total. The van der Waals surface area contributed by atoms with Crippen LogP contribution >= 0.6 is 11.6 Å². The van der Waals surface area contributed by atoms with Crippen molar-refractivity contribution < 1.29 is 14.1 Å². The van der Waals surface area contributed by atoms with Gasteiger partial charge in [-0.2, -0.15) is 4.98 Å². The molecule has 168 valence electrons. The van der Waals surface area contributed by atoms with Gasteiger partial charge in [-0.1, -0.05) is 35.0 Å². The fraction of sp³-hybridized carbons (Fsp3) is 0.375. The number of hydrogen-bond acceptors (Lipinski definition) is 6. The van der Waals surface area contributed by atoms with Crippen molar-refractivity contribution in [1.82, 2.24) is 15.0 Å². The Labute approximate surface area is 192 Å². The largest absolute Gasteiger partial charge is 0.491 e. The van der Waals surface area contributed by atoms with Crippen molar-refractivity contribution in [3.8, 4) is 17.1 Å². The Morgan fingerprint density at radius 2 is 2.00 bits per heavy atom. The molecule has 1 fully saturated rings. The highest BCUT2D eigenvalue weighted by Crippen LogP contribution is 2.26. The van der Waals surface area contributed by atoms with Crippen LogP contribution in [-0.2, 0) is 11.3 Å². The highest BCUT2D eigenvalue weighted by atomic mass is 35.5. The molecule has 1 aliphatic heterocycles. The first-order chi connectivity index (χ1) is 15.5. The molecule has 2 heterocycles. The molecule has 1 amide bonds. The van der Waals surface area contributed by atoms with Crippen LogP contribution in [0.3, 0.4) is 0 Å². The number of ether oxygens (including phenoxy) is 1. The normalized spacial score (nSPS) is 15.1. The molecule has 0 aliphatic carbocycles. The third-order valence-corrected chi connectivity index (χ3v) is 5.70. The summed E-state index contributed by atoms with van der Waals surface area (Å²) in [5.74, 6) is 1.81. The van der Waals surface area contributed by atoms with E-state index in [0.29, 0.717) is 23.3 Å². The van der Waals surface area contributed by atoms with Crippen LogP contribution in [0.4, 0.5) is 5.69 Å². The number of nitrogens with one attached hydrogen (secondary N) is 1. The zero-order chi connectivity index (χ0) is 22.5. The van der Waals surface area contributed by atoms with E-state index < -0.39 is 0 Å². The summed E-state index contributed by atoms with van der Waals surface area (Å²) in [6, 6.07) is 14.9. The predicted molar refractivity (Wildman–Crippen MR) is 124 cm³/mol. The van der Waals surface area contributed by atoms with Gasteiger partial charge in [-0.05, 0) is 64.0 Å². The van der Waals surface area contributed by atoms with Gasteiger partial charge in [-0.25, -0.2) is 0 Å². The molecular weight excluding hydrogens is 428 g/mol. The van der Waals surface area contributed by atoms with Crippen LogP contribution in [0.5, 0.6) is 5.75 Å². The summed E-state index contributed by atoms with van der Waals surface area (Å²) >= 11 is 6.22. The lowest BCUT2D eigenvalue weighted by Crippen LogP contribution is -2.37. The molecule has 2 aromatic carbocycles. The average molecular weight is 455 g/mol. The Morgan fingerprint density at radius 3 is 2.75 bits per heavy atom. The summed E-state index contributed by atoms with van der Waals surface area (Å²) in [7, 11) is 0. The minimum atomic E-state index is -0.0257. The van der Waals surface area contributed by atoms with E-state index in [0.717, 1.165) is 42.9 Å². The third-order valence-electron chi connectivity index (χ3n) is 5.37. The Hall–Kier alpha value is -2.90. The number of nitrogens with zero attached hydrogens (tertiary/aromatic N) is 3. The number of likely N-dealkylation sites (tertiary alicyclic amines) is 1. The van der Waals surface area contributed by atoms with E-state index in [9.17, 15) is 4.79 Å². The number of rotatable bonds is 7. The molecule has 32 heavy (non-hydrogen) atoms. The van der Waals surface area contributed by atoms with Gasteiger partial charge in [0.15, 0.2) is 0 Å². The number of hydrogen-bond donors (Lipinski definition) is 1. The van der Waals surface area contributed by atoms with Crippen molar-refractivity contribution in [2.24, 2.45) is 5.92 Å². The zero-order valence-corrected chi connectivity index (χ0v) is 19.0. The minimum Gasteiger partial charge on any atom is -0.491 e. The van der Waals surface area contributed by atoms with E-state index in [2.05, 4.69) is 20.4 Å². The van der Waals surface area contributed by atoms with Gasteiger partial charge in [-0.15, -0.1) is 0 Å². The monoisotopic (exact) mass is 454 g/mol. The van der Waals surface area contributed by atoms with Gasteiger partial charge in [0.25, 0.3) is 0 Å². The molecule has 1 saturated heterocycles. The summed E-state index contributed by atoms with van der Waals surface area (Å²) in [5.41, 5.74) is 1.51. The predicted octanol–water partition coefficient (Wildman–Crippen LogP) is 5.03. The van der Waals surface area contributed by atoms with Crippen LogP contribution < -0.4 is 10.1 Å². The van der Waals surface area contributed by atoms with E-state index in [4.69, 9.17) is 20.9 Å². The summed E-state index contributed by atoms with van der Waals surface area (Å²) in [5, 5.41) is 7.67. The van der Waals surface area contributed by atoms with E-state index in [-0.39, 0.29) is 17.9 Å². The summed E-state index contributed by atoms with van der Waals surface area (Å²) in [4.78, 5) is 19.4. The van der Waals surface area contributed by atoms with Gasteiger partial charge in [0.1, 0.15) is 5.75 Å². The molecular formula is C24H27ClN4O3. The van der Waals surface area contributed by atoms with Crippen molar-refractivity contribution in [3.05, 3.63) is 59.4 Å². The Balaban J connectivity index is 1.28. The number of halogens is 1. The van der Waals surface area contributed by atoms with Crippen molar-refractivity contribution in [2.45, 2.75) is 39.3 Å².